The maximum Gasteiger partial charge on any atom is 0.339 e. The molecule has 2 N–H and O–H groups in total. The van der Waals surface area contributed by atoms with E-state index in [-0.39, 0.29) is 5.56 Å². The second kappa shape index (κ2) is 8.74. The number of carboxylic acid groups (broad SMARTS) is 1. The number of aromatic nitrogens is 2. The zero-order valence-electron chi connectivity index (χ0n) is 10.6. The molecule has 0 aliphatic rings. The number of thioether (sulfide) groups is 1. The number of unbranched alkanes of at least 4 members (excludes halogenated alkanes) is 3. The van der Waals surface area contributed by atoms with E-state index in [0.717, 1.165) is 19.4 Å². The Morgan fingerprint density at radius 1 is 1.39 bits per heavy atom. The van der Waals surface area contributed by atoms with Crippen LogP contribution in [0.2, 0.25) is 0 Å². The van der Waals surface area contributed by atoms with Crippen LogP contribution in [0.3, 0.4) is 0 Å². The largest absolute Gasteiger partial charge is 0.478 e. The molecular formula is C12H19N3O2S. The van der Waals surface area contributed by atoms with Gasteiger partial charge in [0.2, 0.25) is 0 Å². The SMILES string of the molecule is CSCCCCCCNc1nnccc1C(=O)O. The summed E-state index contributed by atoms with van der Waals surface area (Å²) < 4.78 is 0. The molecule has 0 atom stereocenters. The van der Waals surface area contributed by atoms with Gasteiger partial charge in [-0.05, 0) is 30.9 Å². The molecule has 0 spiro atoms. The standard InChI is InChI=1S/C12H19N3O2S/c1-18-9-5-3-2-4-7-13-11-10(12(16)17)6-8-14-15-11/h6,8H,2-5,7,9H2,1H3,(H,13,15)(H,16,17). The van der Waals surface area contributed by atoms with E-state index in [0.29, 0.717) is 5.82 Å². The molecule has 1 heterocycles. The minimum Gasteiger partial charge on any atom is -0.478 e. The average Bonchev–Trinajstić information content (AvgIpc) is 2.38. The number of hydrogen-bond donors (Lipinski definition) is 2. The summed E-state index contributed by atoms with van der Waals surface area (Å²) in [5, 5.41) is 19.5. The van der Waals surface area contributed by atoms with Crippen molar-refractivity contribution in [3.8, 4) is 0 Å². The van der Waals surface area contributed by atoms with Crippen molar-refractivity contribution in [1.29, 1.82) is 0 Å². The Balaban J connectivity index is 2.25. The minimum absolute atomic E-state index is 0.174. The summed E-state index contributed by atoms with van der Waals surface area (Å²) in [4.78, 5) is 10.9. The van der Waals surface area contributed by atoms with Crippen LogP contribution in [0.15, 0.2) is 12.3 Å². The lowest BCUT2D eigenvalue weighted by atomic mass is 10.2. The molecule has 0 saturated carbocycles. The molecule has 0 unspecified atom stereocenters. The molecule has 0 aliphatic carbocycles. The third-order valence-corrected chi connectivity index (χ3v) is 3.22. The van der Waals surface area contributed by atoms with Crippen LogP contribution in [0.25, 0.3) is 0 Å². The first-order chi connectivity index (χ1) is 8.75. The average molecular weight is 269 g/mol. The quantitative estimate of drug-likeness (QED) is 0.671. The van der Waals surface area contributed by atoms with Crippen LogP contribution in [-0.2, 0) is 0 Å². The number of hydrogen-bond acceptors (Lipinski definition) is 5. The lowest BCUT2D eigenvalue weighted by Gasteiger charge is -2.07. The second-order valence-corrected chi connectivity index (χ2v) is 4.92. The first-order valence-corrected chi connectivity index (χ1v) is 7.43. The van der Waals surface area contributed by atoms with E-state index >= 15 is 0 Å². The Hall–Kier alpha value is -1.30. The molecule has 0 amide bonds. The number of anilines is 1. The fraction of sp³-hybridized carbons (Fsp3) is 0.583. The molecule has 1 aromatic rings. The first-order valence-electron chi connectivity index (χ1n) is 6.03. The molecule has 18 heavy (non-hydrogen) atoms. The van der Waals surface area contributed by atoms with E-state index < -0.39 is 5.97 Å². The monoisotopic (exact) mass is 269 g/mol. The highest BCUT2D eigenvalue weighted by Crippen LogP contribution is 2.10. The van der Waals surface area contributed by atoms with Gasteiger partial charge in [-0.3, -0.25) is 0 Å². The van der Waals surface area contributed by atoms with Crippen molar-refractivity contribution in [2.24, 2.45) is 0 Å². The van der Waals surface area contributed by atoms with Gasteiger partial charge in [0.25, 0.3) is 0 Å². The van der Waals surface area contributed by atoms with Crippen LogP contribution in [0.1, 0.15) is 36.0 Å². The number of rotatable bonds is 9. The van der Waals surface area contributed by atoms with Crippen LogP contribution in [0.4, 0.5) is 5.82 Å². The smallest absolute Gasteiger partial charge is 0.339 e. The summed E-state index contributed by atoms with van der Waals surface area (Å²) in [5.74, 6) is 0.585. The van der Waals surface area contributed by atoms with Gasteiger partial charge in [-0.25, -0.2) is 4.79 Å². The molecule has 1 aromatic heterocycles. The van der Waals surface area contributed by atoms with Crippen LogP contribution in [-0.4, -0.2) is 39.8 Å². The van der Waals surface area contributed by atoms with Crippen molar-refractivity contribution in [3.05, 3.63) is 17.8 Å². The van der Waals surface area contributed by atoms with Gasteiger partial charge in [0.05, 0.1) is 6.20 Å². The molecular weight excluding hydrogens is 250 g/mol. The maximum absolute atomic E-state index is 10.9. The van der Waals surface area contributed by atoms with Crippen molar-refractivity contribution >= 4 is 23.5 Å². The van der Waals surface area contributed by atoms with Crippen molar-refractivity contribution < 1.29 is 9.90 Å². The molecule has 0 bridgehead atoms. The van der Waals surface area contributed by atoms with Crippen molar-refractivity contribution in [2.75, 3.05) is 23.9 Å². The normalized spacial score (nSPS) is 10.3. The lowest BCUT2D eigenvalue weighted by Crippen LogP contribution is -2.10. The summed E-state index contributed by atoms with van der Waals surface area (Å²) >= 11 is 1.87. The molecule has 5 nitrogen and oxygen atoms in total. The Kier molecular flexibility index (Phi) is 7.17. The zero-order chi connectivity index (χ0) is 13.2. The summed E-state index contributed by atoms with van der Waals surface area (Å²) in [6.45, 7) is 0.734. The van der Waals surface area contributed by atoms with E-state index in [1.807, 2.05) is 11.8 Å². The van der Waals surface area contributed by atoms with E-state index in [1.54, 1.807) is 0 Å². The number of carbonyl (C=O) groups is 1. The van der Waals surface area contributed by atoms with Crippen molar-refractivity contribution in [3.63, 3.8) is 0 Å². The van der Waals surface area contributed by atoms with Crippen molar-refractivity contribution in [1.82, 2.24) is 10.2 Å². The summed E-state index contributed by atoms with van der Waals surface area (Å²) in [7, 11) is 0. The van der Waals surface area contributed by atoms with E-state index in [9.17, 15) is 4.79 Å². The van der Waals surface area contributed by atoms with Crippen molar-refractivity contribution in [2.45, 2.75) is 25.7 Å². The number of aromatic carboxylic acids is 1. The Bertz CT molecular complexity index is 374. The molecule has 100 valence electrons. The summed E-state index contributed by atoms with van der Waals surface area (Å²) in [6.07, 6.45) is 8.13. The van der Waals surface area contributed by atoms with Gasteiger partial charge < -0.3 is 10.4 Å². The van der Waals surface area contributed by atoms with Gasteiger partial charge in [0, 0.05) is 6.54 Å². The molecule has 0 saturated heterocycles. The molecule has 0 aromatic carbocycles. The van der Waals surface area contributed by atoms with E-state index in [4.69, 9.17) is 5.11 Å². The predicted molar refractivity (Wildman–Crippen MR) is 74.3 cm³/mol. The van der Waals surface area contributed by atoms with Gasteiger partial charge in [0.1, 0.15) is 5.56 Å². The van der Waals surface area contributed by atoms with Gasteiger partial charge >= 0.3 is 5.97 Å². The molecule has 6 heteroatoms. The topological polar surface area (TPSA) is 75.1 Å². The number of carboxylic acids is 1. The molecule has 1 rings (SSSR count). The van der Waals surface area contributed by atoms with E-state index in [1.165, 1.54) is 30.9 Å². The highest BCUT2D eigenvalue weighted by Gasteiger charge is 2.10. The Labute approximate surface area is 111 Å². The predicted octanol–water partition coefficient (Wildman–Crippen LogP) is 2.51. The van der Waals surface area contributed by atoms with Crippen LogP contribution < -0.4 is 5.32 Å². The molecule has 0 fully saturated rings. The minimum atomic E-state index is -0.979. The van der Waals surface area contributed by atoms with E-state index in [2.05, 4.69) is 21.8 Å². The van der Waals surface area contributed by atoms with Gasteiger partial charge in [0.15, 0.2) is 5.82 Å². The van der Waals surface area contributed by atoms with Gasteiger partial charge in [-0.2, -0.15) is 16.9 Å². The molecule has 0 radical (unpaired) electrons. The summed E-state index contributed by atoms with van der Waals surface area (Å²) in [6, 6.07) is 1.45. The highest BCUT2D eigenvalue weighted by atomic mass is 32.2. The Morgan fingerprint density at radius 3 is 2.89 bits per heavy atom. The van der Waals surface area contributed by atoms with Crippen LogP contribution >= 0.6 is 11.8 Å². The fourth-order valence-electron chi connectivity index (χ4n) is 1.57. The third kappa shape index (κ3) is 5.35. The summed E-state index contributed by atoms with van der Waals surface area (Å²) in [5.41, 5.74) is 0.174. The van der Waals surface area contributed by atoms with Crippen LogP contribution in [0.5, 0.6) is 0 Å². The lowest BCUT2D eigenvalue weighted by molar-refractivity contribution is 0.0697. The van der Waals surface area contributed by atoms with Gasteiger partial charge in [-0.1, -0.05) is 12.8 Å². The third-order valence-electron chi connectivity index (χ3n) is 2.52. The fourth-order valence-corrected chi connectivity index (χ4v) is 2.06. The maximum atomic E-state index is 10.9. The highest BCUT2D eigenvalue weighted by molar-refractivity contribution is 7.98. The molecule has 0 aliphatic heterocycles. The Morgan fingerprint density at radius 2 is 2.17 bits per heavy atom. The first kappa shape index (κ1) is 14.8. The second-order valence-electron chi connectivity index (χ2n) is 3.93. The number of nitrogens with one attached hydrogen (secondary N) is 1. The zero-order valence-corrected chi connectivity index (χ0v) is 11.4. The number of nitrogens with zero attached hydrogens (tertiary/aromatic N) is 2. The van der Waals surface area contributed by atoms with Crippen LogP contribution in [0, 0.1) is 0 Å². The van der Waals surface area contributed by atoms with Gasteiger partial charge in [-0.15, -0.1) is 5.10 Å².